The fourth-order valence-electron chi connectivity index (χ4n) is 5.52. The molecule has 9 heteroatoms. The molecule has 204 valence electrons. The molecule has 4 rings (SSSR count). The summed E-state index contributed by atoms with van der Waals surface area (Å²) >= 11 is 0. The highest BCUT2D eigenvalue weighted by Gasteiger charge is 2.30. The van der Waals surface area contributed by atoms with Crippen LogP contribution in [-0.2, 0) is 23.1 Å². The number of imidazole rings is 1. The molecule has 0 bridgehead atoms. The summed E-state index contributed by atoms with van der Waals surface area (Å²) in [7, 11) is 1.97. The molecular weight excluding hydrogens is 482 g/mol. The third-order valence-electron chi connectivity index (χ3n) is 7.67. The number of carboxylic acid groups (broad SMARTS) is 1. The summed E-state index contributed by atoms with van der Waals surface area (Å²) in [5, 5.41) is 16.8. The highest BCUT2D eigenvalue weighted by molar-refractivity contribution is 5.88. The first-order valence-electron chi connectivity index (χ1n) is 13.6. The zero-order chi connectivity index (χ0) is 27.4. The minimum Gasteiger partial charge on any atom is -0.476 e. The number of carbonyl (C=O) groups excluding carboxylic acids is 2. The number of aromatic nitrogens is 3. The molecule has 0 aliphatic heterocycles. The SMILES string of the molecule is Cc1[nH]c([C@H](Cc2cn(C)c3ccccc23)NC(=O)[C@@H](CC(=O)NC2CCCCC2)C(C)C)nc1C(=O)O. The number of hydrogen-bond acceptors (Lipinski definition) is 4. The van der Waals surface area contributed by atoms with Gasteiger partial charge < -0.3 is 25.3 Å². The van der Waals surface area contributed by atoms with Crippen molar-refractivity contribution in [3.63, 3.8) is 0 Å². The van der Waals surface area contributed by atoms with E-state index in [-0.39, 0.29) is 35.9 Å². The lowest BCUT2D eigenvalue weighted by molar-refractivity contribution is -0.132. The Morgan fingerprint density at radius 3 is 2.53 bits per heavy atom. The minimum absolute atomic E-state index is 0.0572. The molecule has 1 aromatic carbocycles. The van der Waals surface area contributed by atoms with Gasteiger partial charge in [0, 0.05) is 54.6 Å². The fraction of sp³-hybridized carbons (Fsp3) is 0.517. The van der Waals surface area contributed by atoms with Gasteiger partial charge in [0.25, 0.3) is 0 Å². The lowest BCUT2D eigenvalue weighted by Crippen LogP contribution is -2.42. The maximum absolute atomic E-state index is 13.6. The number of aromatic carboxylic acids is 1. The zero-order valence-electron chi connectivity index (χ0n) is 22.7. The number of nitrogens with zero attached hydrogens (tertiary/aromatic N) is 2. The summed E-state index contributed by atoms with van der Waals surface area (Å²) in [6, 6.07) is 7.61. The van der Waals surface area contributed by atoms with Crippen LogP contribution in [0.4, 0.5) is 0 Å². The summed E-state index contributed by atoms with van der Waals surface area (Å²) in [4.78, 5) is 45.6. The van der Waals surface area contributed by atoms with Crippen LogP contribution in [0.3, 0.4) is 0 Å². The summed E-state index contributed by atoms with van der Waals surface area (Å²) < 4.78 is 2.03. The second-order valence-electron chi connectivity index (χ2n) is 10.9. The van der Waals surface area contributed by atoms with Crippen LogP contribution < -0.4 is 10.6 Å². The number of para-hydroxylation sites is 1. The number of H-pyrrole nitrogens is 1. The van der Waals surface area contributed by atoms with E-state index in [2.05, 4.69) is 20.6 Å². The largest absolute Gasteiger partial charge is 0.476 e. The molecule has 1 aliphatic rings. The van der Waals surface area contributed by atoms with Crippen LogP contribution in [0.25, 0.3) is 10.9 Å². The summed E-state index contributed by atoms with van der Waals surface area (Å²) in [5.74, 6) is -1.66. The second-order valence-corrected chi connectivity index (χ2v) is 10.9. The first-order valence-corrected chi connectivity index (χ1v) is 13.6. The standard InChI is InChI=1S/C29H39N5O4/c1-17(2)22(15-25(35)31-20-10-6-5-7-11-20)28(36)32-23(27-30-18(3)26(33-27)29(37)38)14-19-16-34(4)24-13-9-8-12-21(19)24/h8-9,12-13,16-17,20,22-23H,5-7,10-11,14-15H2,1-4H3,(H,30,33)(H,31,35)(H,32,36)(H,37,38)/t22-,23-/m0/s1. The quantitative estimate of drug-likeness (QED) is 0.314. The van der Waals surface area contributed by atoms with Crippen molar-refractivity contribution in [1.82, 2.24) is 25.2 Å². The van der Waals surface area contributed by atoms with E-state index in [4.69, 9.17) is 0 Å². The Kier molecular flexibility index (Phi) is 8.54. The van der Waals surface area contributed by atoms with Gasteiger partial charge in [-0.2, -0.15) is 0 Å². The van der Waals surface area contributed by atoms with Gasteiger partial charge in [0.15, 0.2) is 5.69 Å². The van der Waals surface area contributed by atoms with Gasteiger partial charge in [0.1, 0.15) is 5.82 Å². The van der Waals surface area contributed by atoms with Gasteiger partial charge in [-0.25, -0.2) is 9.78 Å². The van der Waals surface area contributed by atoms with Gasteiger partial charge in [-0.15, -0.1) is 0 Å². The molecule has 0 unspecified atom stereocenters. The molecule has 2 amide bonds. The van der Waals surface area contributed by atoms with Gasteiger partial charge in [-0.3, -0.25) is 9.59 Å². The van der Waals surface area contributed by atoms with Crippen molar-refractivity contribution in [1.29, 1.82) is 0 Å². The van der Waals surface area contributed by atoms with Gasteiger partial charge >= 0.3 is 5.97 Å². The number of benzene rings is 1. The first kappa shape index (κ1) is 27.4. The number of aryl methyl sites for hydroxylation is 2. The molecule has 2 atom stereocenters. The average molecular weight is 522 g/mol. The van der Waals surface area contributed by atoms with Crippen molar-refractivity contribution in [3.05, 3.63) is 53.2 Å². The van der Waals surface area contributed by atoms with Crippen LogP contribution >= 0.6 is 0 Å². The Labute approximate surface area is 223 Å². The molecule has 2 aromatic heterocycles. The molecular formula is C29H39N5O4. The molecule has 0 spiro atoms. The molecule has 0 saturated heterocycles. The third kappa shape index (κ3) is 6.26. The maximum Gasteiger partial charge on any atom is 0.356 e. The lowest BCUT2D eigenvalue weighted by atomic mass is 9.89. The zero-order valence-corrected chi connectivity index (χ0v) is 22.7. The number of carbonyl (C=O) groups is 3. The first-order chi connectivity index (χ1) is 18.1. The van der Waals surface area contributed by atoms with Crippen molar-refractivity contribution in [2.24, 2.45) is 18.9 Å². The number of nitrogens with one attached hydrogen (secondary N) is 3. The number of carboxylic acids is 1. The van der Waals surface area contributed by atoms with E-state index in [0.29, 0.717) is 17.9 Å². The van der Waals surface area contributed by atoms with Gasteiger partial charge in [-0.05, 0) is 37.3 Å². The Morgan fingerprint density at radius 2 is 1.87 bits per heavy atom. The van der Waals surface area contributed by atoms with Crippen LogP contribution in [0.15, 0.2) is 30.5 Å². The van der Waals surface area contributed by atoms with E-state index in [9.17, 15) is 19.5 Å². The van der Waals surface area contributed by atoms with Crippen molar-refractivity contribution < 1.29 is 19.5 Å². The molecule has 1 aliphatic carbocycles. The number of rotatable bonds is 10. The number of hydrogen-bond donors (Lipinski definition) is 4. The lowest BCUT2D eigenvalue weighted by Gasteiger charge is -2.26. The fourth-order valence-corrected chi connectivity index (χ4v) is 5.52. The Bertz CT molecular complexity index is 1300. The van der Waals surface area contributed by atoms with E-state index < -0.39 is 17.9 Å². The Morgan fingerprint density at radius 1 is 1.16 bits per heavy atom. The molecule has 38 heavy (non-hydrogen) atoms. The van der Waals surface area contributed by atoms with Crippen LogP contribution in [0.2, 0.25) is 0 Å². The molecule has 3 aromatic rings. The highest BCUT2D eigenvalue weighted by Crippen LogP contribution is 2.27. The van der Waals surface area contributed by atoms with Crippen LogP contribution in [0.5, 0.6) is 0 Å². The maximum atomic E-state index is 13.6. The van der Waals surface area contributed by atoms with Crippen molar-refractivity contribution in [3.8, 4) is 0 Å². The van der Waals surface area contributed by atoms with E-state index in [0.717, 1.165) is 42.1 Å². The molecule has 0 radical (unpaired) electrons. The van der Waals surface area contributed by atoms with Gasteiger partial charge in [0.05, 0.1) is 6.04 Å². The summed E-state index contributed by atoms with van der Waals surface area (Å²) in [6.07, 6.45) is 7.97. The average Bonchev–Trinajstić information content (AvgIpc) is 3.42. The molecule has 9 nitrogen and oxygen atoms in total. The smallest absolute Gasteiger partial charge is 0.356 e. The van der Waals surface area contributed by atoms with Crippen molar-refractivity contribution in [2.75, 3.05) is 0 Å². The molecule has 2 heterocycles. The highest BCUT2D eigenvalue weighted by atomic mass is 16.4. The van der Waals surface area contributed by atoms with E-state index in [1.807, 2.05) is 55.9 Å². The van der Waals surface area contributed by atoms with Gasteiger partial charge in [0.2, 0.25) is 11.8 Å². The predicted molar refractivity (Wildman–Crippen MR) is 146 cm³/mol. The monoisotopic (exact) mass is 521 g/mol. The van der Waals surface area contributed by atoms with Gasteiger partial charge in [-0.1, -0.05) is 51.3 Å². The Balaban J connectivity index is 1.57. The van der Waals surface area contributed by atoms with Crippen molar-refractivity contribution >= 4 is 28.7 Å². The van der Waals surface area contributed by atoms with E-state index in [1.54, 1.807) is 6.92 Å². The topological polar surface area (TPSA) is 129 Å². The van der Waals surface area contributed by atoms with E-state index in [1.165, 1.54) is 6.42 Å². The van der Waals surface area contributed by atoms with Crippen molar-refractivity contribution in [2.45, 2.75) is 77.8 Å². The summed E-state index contributed by atoms with van der Waals surface area (Å²) in [6.45, 7) is 5.54. The minimum atomic E-state index is -1.13. The third-order valence-corrected chi connectivity index (χ3v) is 7.67. The normalized spacial score (nSPS) is 15.9. The second kappa shape index (κ2) is 11.8. The number of aromatic amines is 1. The predicted octanol–water partition coefficient (Wildman–Crippen LogP) is 4.42. The number of amides is 2. The van der Waals surface area contributed by atoms with E-state index >= 15 is 0 Å². The molecule has 4 N–H and O–H groups in total. The summed E-state index contributed by atoms with van der Waals surface area (Å²) in [5.41, 5.74) is 2.44. The molecule has 1 saturated carbocycles. The molecule has 1 fully saturated rings. The van der Waals surface area contributed by atoms with Crippen LogP contribution in [-0.4, -0.2) is 43.5 Å². The van der Waals surface area contributed by atoms with Crippen LogP contribution in [0, 0.1) is 18.8 Å². The van der Waals surface area contributed by atoms with Crippen LogP contribution in [0.1, 0.15) is 86.0 Å². The Hall–Kier alpha value is -3.62. The number of fused-ring (bicyclic) bond motifs is 1.